The van der Waals surface area contributed by atoms with Crippen LogP contribution in [-0.2, 0) is 29.1 Å². The number of carbonyl (C=O) groups excluding carboxylic acids is 4. The van der Waals surface area contributed by atoms with E-state index in [4.69, 9.17) is 9.47 Å². The first-order valence-electron chi connectivity index (χ1n) is 18.4. The van der Waals surface area contributed by atoms with E-state index in [1.807, 2.05) is 43.3 Å². The number of ether oxygens (including phenoxy) is 2. The number of aromatic nitrogens is 1. The Labute approximate surface area is 304 Å². The summed E-state index contributed by atoms with van der Waals surface area (Å²) in [5.74, 6) is -2.16. The molecular formula is C38H47N5O8S. The number of hydrogen-bond donors (Lipinski definition) is 3. The summed E-state index contributed by atoms with van der Waals surface area (Å²) in [6.45, 7) is 5.95. The molecule has 4 bridgehead atoms. The molecule has 4 fully saturated rings. The molecule has 6 atom stereocenters. The van der Waals surface area contributed by atoms with Crippen molar-refractivity contribution in [2.75, 3.05) is 13.2 Å². The zero-order chi connectivity index (χ0) is 36.6. The molecule has 1 aromatic carbocycles. The fraction of sp³-hybridized carbons (Fsp3) is 0.553. The van der Waals surface area contributed by atoms with Crippen LogP contribution in [0.5, 0.6) is 5.88 Å². The van der Waals surface area contributed by atoms with Gasteiger partial charge in [0.05, 0.1) is 18.4 Å². The van der Waals surface area contributed by atoms with E-state index >= 15 is 0 Å². The number of cyclic esters (lactones) is 1. The Morgan fingerprint density at radius 2 is 1.90 bits per heavy atom. The van der Waals surface area contributed by atoms with Crippen molar-refractivity contribution in [3.8, 4) is 5.88 Å². The summed E-state index contributed by atoms with van der Waals surface area (Å²) in [4.78, 5) is 61.7. The van der Waals surface area contributed by atoms with Gasteiger partial charge in [0.25, 0.3) is 5.91 Å². The highest BCUT2D eigenvalue weighted by atomic mass is 32.2. The van der Waals surface area contributed by atoms with Crippen molar-refractivity contribution in [1.82, 2.24) is 25.2 Å². The number of rotatable bonds is 7. The summed E-state index contributed by atoms with van der Waals surface area (Å²) in [6.07, 6.45) is 12.0. The molecule has 2 aliphatic heterocycles. The van der Waals surface area contributed by atoms with Crippen LogP contribution in [0.3, 0.4) is 0 Å². The molecule has 278 valence electrons. The van der Waals surface area contributed by atoms with Gasteiger partial charge in [0.1, 0.15) is 23.7 Å². The lowest BCUT2D eigenvalue weighted by Crippen LogP contribution is -2.59. The van der Waals surface area contributed by atoms with Crippen LogP contribution in [-0.4, -0.2) is 84.2 Å². The van der Waals surface area contributed by atoms with Crippen molar-refractivity contribution >= 4 is 50.7 Å². The highest BCUT2D eigenvalue weighted by Crippen LogP contribution is 2.45. The third kappa shape index (κ3) is 7.53. The van der Waals surface area contributed by atoms with E-state index in [2.05, 4.69) is 26.9 Å². The SMILES string of the molecule is C=C[C@@H]1CC1(NC(=O)[C@@H]1C[C@@H]2CN1C(=O)[C@H](C1CCCCC1)NC(=O)OC[C@H](C)C/C=C/c1ccc3ccnc(c3c1)O2)C(=O)NS(=O)(=O)C1CC1. The van der Waals surface area contributed by atoms with Crippen LogP contribution in [0.25, 0.3) is 16.8 Å². The zero-order valence-electron chi connectivity index (χ0n) is 29.4. The largest absolute Gasteiger partial charge is 0.472 e. The van der Waals surface area contributed by atoms with Crippen LogP contribution in [0, 0.1) is 17.8 Å². The summed E-state index contributed by atoms with van der Waals surface area (Å²) in [6, 6.07) is 5.80. The number of alkyl carbamates (subject to hydrolysis) is 1. The Kier molecular flexibility index (Phi) is 10.0. The highest BCUT2D eigenvalue weighted by molar-refractivity contribution is 7.91. The van der Waals surface area contributed by atoms with E-state index < -0.39 is 68.7 Å². The van der Waals surface area contributed by atoms with Gasteiger partial charge < -0.3 is 25.0 Å². The number of sulfonamides is 1. The van der Waals surface area contributed by atoms with Crippen molar-refractivity contribution < 1.29 is 37.1 Å². The van der Waals surface area contributed by atoms with Crippen molar-refractivity contribution in [2.45, 2.75) is 100 Å². The van der Waals surface area contributed by atoms with E-state index in [-0.39, 0.29) is 37.8 Å². The van der Waals surface area contributed by atoms with Crippen LogP contribution >= 0.6 is 0 Å². The minimum absolute atomic E-state index is 0.0174. The number of hydrogen-bond acceptors (Lipinski definition) is 9. The van der Waals surface area contributed by atoms with Gasteiger partial charge in [0.15, 0.2) is 0 Å². The van der Waals surface area contributed by atoms with E-state index in [1.165, 1.54) is 11.0 Å². The molecule has 2 aromatic rings. The number of allylic oxidation sites excluding steroid dienone is 1. The van der Waals surface area contributed by atoms with Crippen molar-refractivity contribution in [1.29, 1.82) is 0 Å². The van der Waals surface area contributed by atoms with Crippen LogP contribution in [0.1, 0.15) is 76.7 Å². The third-order valence-electron chi connectivity index (χ3n) is 11.1. The fourth-order valence-corrected chi connectivity index (χ4v) is 9.19. The molecule has 5 aliphatic rings. The molecule has 3 saturated carbocycles. The topological polar surface area (TPSA) is 173 Å². The third-order valence-corrected chi connectivity index (χ3v) is 13.0. The van der Waals surface area contributed by atoms with Gasteiger partial charge in [-0.1, -0.05) is 56.5 Å². The second-order valence-electron chi connectivity index (χ2n) is 15.1. The maximum Gasteiger partial charge on any atom is 0.407 e. The first-order valence-corrected chi connectivity index (χ1v) is 20.0. The standard InChI is InChI=1S/C38H47N5O8S/c1-3-27-20-38(27,36(46)42-52(48,49)29-14-15-29)41-33(44)31-19-28-21-43(31)35(45)32(26-10-5-4-6-11-26)40-37(47)50-22-23(2)8-7-9-24-12-13-25-16-17-39-34(51-28)30(25)18-24/h3,7,9,12-13,16-18,23,26-29,31-32H,1,4-6,8,10-11,14-15,19-22H2,2H3,(H,40,47)(H,41,44)(H,42,46)/b9-7+/t23-,27-,28-,31+,32+,38?/m1/s1. The molecule has 3 aliphatic carbocycles. The molecule has 4 amide bonds. The Morgan fingerprint density at radius 1 is 1.12 bits per heavy atom. The Bertz CT molecular complexity index is 1890. The molecular weight excluding hydrogens is 687 g/mol. The normalized spacial score (nSPS) is 30.6. The molecule has 52 heavy (non-hydrogen) atoms. The lowest BCUT2D eigenvalue weighted by molar-refractivity contribution is -0.142. The molecule has 3 N–H and O–H groups in total. The molecule has 7 rings (SSSR count). The number of fused-ring (bicyclic) bond motifs is 3. The number of benzene rings is 1. The average molecular weight is 734 g/mol. The number of amides is 4. The minimum atomic E-state index is -3.88. The zero-order valence-corrected chi connectivity index (χ0v) is 30.2. The summed E-state index contributed by atoms with van der Waals surface area (Å²) in [7, 11) is -3.88. The van der Waals surface area contributed by atoms with Crippen LogP contribution in [0.2, 0.25) is 0 Å². The maximum absolute atomic E-state index is 14.7. The van der Waals surface area contributed by atoms with E-state index in [9.17, 15) is 27.6 Å². The number of pyridine rings is 1. The smallest absolute Gasteiger partial charge is 0.407 e. The van der Waals surface area contributed by atoms with Crippen LogP contribution in [0.4, 0.5) is 4.79 Å². The van der Waals surface area contributed by atoms with Gasteiger partial charge in [-0.15, -0.1) is 6.58 Å². The van der Waals surface area contributed by atoms with Crippen LogP contribution < -0.4 is 20.1 Å². The first kappa shape index (κ1) is 35.9. The van der Waals surface area contributed by atoms with Crippen LogP contribution in [0.15, 0.2) is 49.2 Å². The van der Waals surface area contributed by atoms with Crippen molar-refractivity contribution in [3.63, 3.8) is 0 Å². The molecule has 1 saturated heterocycles. The molecule has 1 aromatic heterocycles. The Hall–Kier alpha value is -4.46. The summed E-state index contributed by atoms with van der Waals surface area (Å²) in [5, 5.41) is 6.76. The monoisotopic (exact) mass is 733 g/mol. The van der Waals surface area contributed by atoms with Gasteiger partial charge >= 0.3 is 6.09 Å². The first-order chi connectivity index (χ1) is 25.0. The lowest BCUT2D eigenvalue weighted by atomic mass is 9.83. The number of carbonyl (C=O) groups is 4. The second kappa shape index (κ2) is 14.5. The fourth-order valence-electron chi connectivity index (χ4n) is 7.83. The van der Waals surface area contributed by atoms with Crippen molar-refractivity contribution in [3.05, 3.63) is 54.8 Å². The maximum atomic E-state index is 14.7. The van der Waals surface area contributed by atoms with E-state index in [1.54, 1.807) is 6.20 Å². The van der Waals surface area contributed by atoms with Gasteiger partial charge in [-0.05, 0) is 73.4 Å². The van der Waals surface area contributed by atoms with E-state index in [0.717, 1.165) is 48.4 Å². The van der Waals surface area contributed by atoms with Gasteiger partial charge in [-0.3, -0.25) is 19.1 Å². The summed E-state index contributed by atoms with van der Waals surface area (Å²) in [5.41, 5.74) is -0.592. The Morgan fingerprint density at radius 3 is 2.63 bits per heavy atom. The van der Waals surface area contributed by atoms with Gasteiger partial charge in [-0.25, -0.2) is 18.2 Å². The molecule has 1 unspecified atom stereocenters. The predicted molar refractivity (Wildman–Crippen MR) is 193 cm³/mol. The summed E-state index contributed by atoms with van der Waals surface area (Å²) >= 11 is 0. The molecule has 0 radical (unpaired) electrons. The number of nitrogens with zero attached hydrogens (tertiary/aromatic N) is 2. The van der Waals surface area contributed by atoms with Gasteiger partial charge in [0, 0.05) is 23.9 Å². The van der Waals surface area contributed by atoms with Gasteiger partial charge in [-0.2, -0.15) is 0 Å². The molecule has 0 spiro atoms. The second-order valence-corrected chi connectivity index (χ2v) is 17.1. The molecule has 14 heteroatoms. The lowest BCUT2D eigenvalue weighted by Gasteiger charge is -2.34. The Balaban J connectivity index is 1.22. The minimum Gasteiger partial charge on any atom is -0.472 e. The summed E-state index contributed by atoms with van der Waals surface area (Å²) < 4.78 is 39.7. The van der Waals surface area contributed by atoms with Gasteiger partial charge in [0.2, 0.25) is 27.7 Å². The van der Waals surface area contributed by atoms with Crippen molar-refractivity contribution in [2.24, 2.45) is 17.8 Å². The molecule has 13 nitrogen and oxygen atoms in total. The quantitative estimate of drug-likeness (QED) is 0.356. The highest BCUT2D eigenvalue weighted by Gasteiger charge is 2.62. The predicted octanol–water partition coefficient (Wildman–Crippen LogP) is 3.98. The average Bonchev–Trinajstić information content (AvgIpc) is 4.06. The number of nitrogens with one attached hydrogen (secondary N) is 3. The van der Waals surface area contributed by atoms with E-state index in [0.29, 0.717) is 25.1 Å². The molecule has 3 heterocycles.